The summed E-state index contributed by atoms with van der Waals surface area (Å²) in [7, 11) is 0. The molecule has 0 spiro atoms. The van der Waals surface area contributed by atoms with Gasteiger partial charge in [0.25, 0.3) is 5.56 Å². The summed E-state index contributed by atoms with van der Waals surface area (Å²) in [6.45, 7) is 0.967. The predicted octanol–water partition coefficient (Wildman–Crippen LogP) is 0.104. The Morgan fingerprint density at radius 1 is 1.35 bits per heavy atom. The Balaban J connectivity index is 1.71. The van der Waals surface area contributed by atoms with Crippen LogP contribution in [0.15, 0.2) is 16.9 Å². The summed E-state index contributed by atoms with van der Waals surface area (Å²) in [6, 6.07) is 3.24. The van der Waals surface area contributed by atoms with Gasteiger partial charge in [-0.05, 0) is 31.7 Å². The number of aliphatic hydroxyl groups is 1. The third kappa shape index (κ3) is 2.90. The van der Waals surface area contributed by atoms with E-state index in [0.29, 0.717) is 19.0 Å². The molecule has 20 heavy (non-hydrogen) atoms. The van der Waals surface area contributed by atoms with Crippen molar-refractivity contribution in [1.82, 2.24) is 14.7 Å². The maximum Gasteiger partial charge on any atom is 0.267 e. The molecule has 1 unspecified atom stereocenters. The summed E-state index contributed by atoms with van der Waals surface area (Å²) < 4.78 is 1.25. The molecular weight excluding hydrogens is 258 g/mol. The molecule has 1 atom stereocenters. The zero-order valence-corrected chi connectivity index (χ0v) is 11.4. The smallest absolute Gasteiger partial charge is 0.267 e. The van der Waals surface area contributed by atoms with Gasteiger partial charge in [-0.3, -0.25) is 9.59 Å². The Hall–Kier alpha value is -1.69. The summed E-state index contributed by atoms with van der Waals surface area (Å²) in [6.07, 6.45) is 3.31. The highest BCUT2D eigenvalue weighted by Gasteiger charge is 2.26. The molecule has 2 aliphatic rings. The highest BCUT2D eigenvalue weighted by Crippen LogP contribution is 2.38. The lowest BCUT2D eigenvalue weighted by Gasteiger charge is -2.30. The lowest BCUT2D eigenvalue weighted by Crippen LogP contribution is -2.44. The van der Waals surface area contributed by atoms with E-state index in [1.807, 2.05) is 0 Å². The fourth-order valence-corrected chi connectivity index (χ4v) is 2.58. The Bertz CT molecular complexity index is 565. The van der Waals surface area contributed by atoms with Crippen molar-refractivity contribution in [1.29, 1.82) is 0 Å². The molecule has 1 aromatic rings. The third-order valence-electron chi connectivity index (χ3n) is 3.92. The summed E-state index contributed by atoms with van der Waals surface area (Å²) in [4.78, 5) is 25.6. The number of β-amino-alcohol motifs (C(OH)–C–C–N with tert-alkyl or cyclic N) is 1. The van der Waals surface area contributed by atoms with Crippen LogP contribution >= 0.6 is 0 Å². The van der Waals surface area contributed by atoms with Crippen molar-refractivity contribution in [3.63, 3.8) is 0 Å². The van der Waals surface area contributed by atoms with Crippen molar-refractivity contribution < 1.29 is 9.90 Å². The standard InChI is InChI=1S/C14H19N3O3/c18-11-2-1-7-16(8-11)14(20)9-17-13(19)6-5-12(15-17)10-3-4-10/h5-6,10-11,18H,1-4,7-9H2. The van der Waals surface area contributed by atoms with Gasteiger partial charge in [0.1, 0.15) is 6.54 Å². The first-order valence-electron chi connectivity index (χ1n) is 7.17. The summed E-state index contributed by atoms with van der Waals surface area (Å²) in [5, 5.41) is 13.9. The van der Waals surface area contributed by atoms with Crippen LogP contribution in [0.2, 0.25) is 0 Å². The van der Waals surface area contributed by atoms with Crippen LogP contribution in [0.1, 0.15) is 37.3 Å². The molecule has 6 heteroatoms. The molecule has 2 fully saturated rings. The number of hydrogen-bond donors (Lipinski definition) is 1. The highest BCUT2D eigenvalue weighted by atomic mass is 16.3. The van der Waals surface area contributed by atoms with E-state index >= 15 is 0 Å². The first-order chi connectivity index (χ1) is 9.63. The van der Waals surface area contributed by atoms with Crippen LogP contribution in [0.25, 0.3) is 0 Å². The number of piperidine rings is 1. The number of carbonyl (C=O) groups excluding carboxylic acids is 1. The van der Waals surface area contributed by atoms with Crippen LogP contribution < -0.4 is 5.56 Å². The van der Waals surface area contributed by atoms with E-state index < -0.39 is 6.10 Å². The normalized spacial score (nSPS) is 22.9. The summed E-state index contributed by atoms with van der Waals surface area (Å²) in [5.74, 6) is 0.306. The van der Waals surface area contributed by atoms with Crippen molar-refractivity contribution >= 4 is 5.91 Å². The minimum Gasteiger partial charge on any atom is -0.391 e. The Kier molecular flexibility index (Phi) is 3.56. The average Bonchev–Trinajstić information content (AvgIpc) is 3.25. The van der Waals surface area contributed by atoms with E-state index in [1.54, 1.807) is 11.0 Å². The van der Waals surface area contributed by atoms with Gasteiger partial charge in [-0.1, -0.05) is 0 Å². The summed E-state index contributed by atoms with van der Waals surface area (Å²) in [5.41, 5.74) is 0.649. The molecule has 1 aliphatic carbocycles. The van der Waals surface area contributed by atoms with Gasteiger partial charge >= 0.3 is 0 Å². The number of hydrogen-bond acceptors (Lipinski definition) is 4. The van der Waals surface area contributed by atoms with E-state index in [1.165, 1.54) is 10.7 Å². The number of amides is 1. The van der Waals surface area contributed by atoms with E-state index in [9.17, 15) is 14.7 Å². The molecule has 0 bridgehead atoms. The number of carbonyl (C=O) groups is 1. The number of aromatic nitrogens is 2. The Morgan fingerprint density at radius 3 is 2.85 bits per heavy atom. The van der Waals surface area contributed by atoms with Crippen LogP contribution in [0.5, 0.6) is 0 Å². The zero-order chi connectivity index (χ0) is 14.1. The lowest BCUT2D eigenvalue weighted by atomic mass is 10.1. The van der Waals surface area contributed by atoms with Gasteiger partial charge < -0.3 is 10.0 Å². The van der Waals surface area contributed by atoms with Crippen molar-refractivity contribution in [3.8, 4) is 0 Å². The fourth-order valence-electron chi connectivity index (χ4n) is 2.58. The Labute approximate surface area is 117 Å². The van der Waals surface area contributed by atoms with Crippen LogP contribution in [0.4, 0.5) is 0 Å². The van der Waals surface area contributed by atoms with E-state index in [2.05, 4.69) is 5.10 Å². The minimum atomic E-state index is -0.449. The predicted molar refractivity (Wildman–Crippen MR) is 72.3 cm³/mol. The molecule has 1 saturated heterocycles. The molecule has 1 N–H and O–H groups in total. The molecule has 3 rings (SSSR count). The monoisotopic (exact) mass is 277 g/mol. The molecular formula is C14H19N3O3. The van der Waals surface area contributed by atoms with Gasteiger partial charge in [0.2, 0.25) is 5.91 Å². The second-order valence-corrected chi connectivity index (χ2v) is 5.66. The van der Waals surface area contributed by atoms with Gasteiger partial charge in [-0.2, -0.15) is 5.10 Å². The second-order valence-electron chi connectivity index (χ2n) is 5.66. The van der Waals surface area contributed by atoms with Crippen LogP contribution in [0, 0.1) is 0 Å². The second kappa shape index (κ2) is 5.36. The molecule has 6 nitrogen and oxygen atoms in total. The highest BCUT2D eigenvalue weighted by molar-refractivity contribution is 5.76. The van der Waals surface area contributed by atoms with E-state index in [0.717, 1.165) is 31.4 Å². The third-order valence-corrected chi connectivity index (χ3v) is 3.92. The number of nitrogens with zero attached hydrogens (tertiary/aromatic N) is 3. The zero-order valence-electron chi connectivity index (χ0n) is 11.4. The number of aliphatic hydroxyl groups excluding tert-OH is 1. The molecule has 1 aliphatic heterocycles. The van der Waals surface area contributed by atoms with Gasteiger partial charge in [-0.15, -0.1) is 0 Å². The van der Waals surface area contributed by atoms with Crippen molar-refractivity contribution in [3.05, 3.63) is 28.2 Å². The maximum absolute atomic E-state index is 12.2. The molecule has 1 saturated carbocycles. The molecule has 2 heterocycles. The molecule has 1 amide bonds. The van der Waals surface area contributed by atoms with Crippen molar-refractivity contribution in [2.24, 2.45) is 0 Å². The van der Waals surface area contributed by atoms with Gasteiger partial charge in [0.05, 0.1) is 11.8 Å². The quantitative estimate of drug-likeness (QED) is 0.850. The first-order valence-corrected chi connectivity index (χ1v) is 7.17. The molecule has 0 aromatic carbocycles. The van der Waals surface area contributed by atoms with E-state index in [4.69, 9.17) is 0 Å². The largest absolute Gasteiger partial charge is 0.391 e. The van der Waals surface area contributed by atoms with Crippen molar-refractivity contribution in [2.75, 3.05) is 13.1 Å². The SMILES string of the molecule is O=C(Cn1nc(C2CC2)ccc1=O)N1CCCC(O)C1. The summed E-state index contributed by atoms with van der Waals surface area (Å²) >= 11 is 0. The first kappa shape index (κ1) is 13.3. The molecule has 0 radical (unpaired) electrons. The fraction of sp³-hybridized carbons (Fsp3) is 0.643. The van der Waals surface area contributed by atoms with Gasteiger partial charge in [0.15, 0.2) is 0 Å². The van der Waals surface area contributed by atoms with Gasteiger partial charge in [-0.25, -0.2) is 4.68 Å². The van der Waals surface area contributed by atoms with Crippen molar-refractivity contribution in [2.45, 2.75) is 44.2 Å². The molecule has 108 valence electrons. The Morgan fingerprint density at radius 2 is 2.15 bits per heavy atom. The van der Waals surface area contributed by atoms with Crippen LogP contribution in [0.3, 0.4) is 0 Å². The average molecular weight is 277 g/mol. The van der Waals surface area contributed by atoms with E-state index in [-0.39, 0.29) is 18.0 Å². The maximum atomic E-state index is 12.2. The van der Waals surface area contributed by atoms with Crippen LogP contribution in [-0.4, -0.2) is 44.9 Å². The topological polar surface area (TPSA) is 75.4 Å². The number of rotatable bonds is 3. The number of likely N-dealkylation sites (tertiary alicyclic amines) is 1. The minimum absolute atomic E-state index is 0.0356. The van der Waals surface area contributed by atoms with Gasteiger partial charge in [0, 0.05) is 25.1 Å². The lowest BCUT2D eigenvalue weighted by molar-refractivity contribution is -0.135. The van der Waals surface area contributed by atoms with Crippen LogP contribution in [-0.2, 0) is 11.3 Å². The molecule has 1 aromatic heterocycles.